The summed E-state index contributed by atoms with van der Waals surface area (Å²) in [7, 11) is 3.04. The molecule has 3 nitrogen and oxygen atoms in total. The maximum Gasteiger partial charge on any atom is 0.246 e. The van der Waals surface area contributed by atoms with E-state index in [-0.39, 0.29) is 5.91 Å². The fraction of sp³-hybridized carbons (Fsp3) is 0.400. The average molecular weight is 115 g/mol. The number of nitrogens with one attached hydrogen (secondary N) is 1. The number of hydrogen-bond donors (Lipinski definition) is 1. The molecule has 0 aliphatic rings. The molecule has 0 heterocycles. The second-order valence-electron chi connectivity index (χ2n) is 1.15. The summed E-state index contributed by atoms with van der Waals surface area (Å²) in [6.07, 6.45) is 2.62. The highest BCUT2D eigenvalue weighted by Gasteiger charge is 1.83. The van der Waals surface area contributed by atoms with Gasteiger partial charge in [-0.15, -0.1) is 0 Å². The van der Waals surface area contributed by atoms with Gasteiger partial charge in [-0.1, -0.05) is 0 Å². The van der Waals surface area contributed by atoms with Crippen molar-refractivity contribution in [2.45, 2.75) is 0 Å². The zero-order valence-electron chi connectivity index (χ0n) is 4.97. The van der Waals surface area contributed by atoms with E-state index in [0.717, 1.165) is 0 Å². The minimum Gasteiger partial charge on any atom is -0.504 e. The molecule has 3 heteroatoms. The van der Waals surface area contributed by atoms with Crippen LogP contribution in [0.3, 0.4) is 0 Å². The summed E-state index contributed by atoms with van der Waals surface area (Å²) in [4.78, 5) is 10.3. The topological polar surface area (TPSA) is 38.3 Å². The van der Waals surface area contributed by atoms with Gasteiger partial charge >= 0.3 is 0 Å². The smallest absolute Gasteiger partial charge is 0.246 e. The summed E-state index contributed by atoms with van der Waals surface area (Å²) in [6, 6.07) is 0. The Hall–Kier alpha value is -0.990. The number of carbonyl (C=O) groups is 1. The first kappa shape index (κ1) is 7.01. The van der Waals surface area contributed by atoms with Gasteiger partial charge in [-0.05, 0) is 0 Å². The van der Waals surface area contributed by atoms with E-state index in [9.17, 15) is 4.79 Å². The monoisotopic (exact) mass is 115 g/mol. The molecule has 0 atom stereocenters. The summed E-state index contributed by atoms with van der Waals surface area (Å²) in [5.74, 6) is -0.160. The van der Waals surface area contributed by atoms with Gasteiger partial charge in [0.2, 0.25) is 5.91 Å². The molecule has 46 valence electrons. The molecular formula is C5H9NO2. The van der Waals surface area contributed by atoms with Gasteiger partial charge in [0, 0.05) is 13.1 Å². The molecule has 0 aromatic carbocycles. The van der Waals surface area contributed by atoms with Crippen LogP contribution in [0.15, 0.2) is 12.3 Å². The van der Waals surface area contributed by atoms with Crippen LogP contribution in [0, 0.1) is 0 Å². The molecule has 0 saturated heterocycles. The van der Waals surface area contributed by atoms with Crippen molar-refractivity contribution in [2.75, 3.05) is 14.2 Å². The third kappa shape index (κ3) is 3.21. The molecule has 0 fully saturated rings. The molecular weight excluding hydrogens is 106 g/mol. The Morgan fingerprint density at radius 3 is 2.75 bits per heavy atom. The molecule has 0 aromatic heterocycles. The molecule has 1 amide bonds. The van der Waals surface area contributed by atoms with Crippen LogP contribution >= 0.6 is 0 Å². The average Bonchev–Trinajstić information content (AvgIpc) is 1.83. The highest BCUT2D eigenvalue weighted by molar-refractivity contribution is 5.86. The van der Waals surface area contributed by atoms with Gasteiger partial charge < -0.3 is 10.1 Å². The molecule has 0 aliphatic carbocycles. The van der Waals surface area contributed by atoms with E-state index in [2.05, 4.69) is 10.1 Å². The highest BCUT2D eigenvalue weighted by Crippen LogP contribution is 1.70. The zero-order valence-corrected chi connectivity index (χ0v) is 4.97. The first-order valence-corrected chi connectivity index (χ1v) is 2.22. The van der Waals surface area contributed by atoms with Crippen LogP contribution in [0.4, 0.5) is 0 Å². The number of ether oxygens (including phenoxy) is 1. The maximum atomic E-state index is 10.3. The van der Waals surface area contributed by atoms with Gasteiger partial charge in [0.1, 0.15) is 0 Å². The van der Waals surface area contributed by atoms with E-state index in [4.69, 9.17) is 0 Å². The van der Waals surface area contributed by atoms with E-state index < -0.39 is 0 Å². The second kappa shape index (κ2) is 4.18. The van der Waals surface area contributed by atoms with Crippen molar-refractivity contribution >= 4 is 5.91 Å². The lowest BCUT2D eigenvalue weighted by Gasteiger charge is -1.87. The molecule has 8 heavy (non-hydrogen) atoms. The third-order valence-electron chi connectivity index (χ3n) is 0.602. The van der Waals surface area contributed by atoms with Crippen LogP contribution < -0.4 is 5.32 Å². The molecule has 0 aliphatic heterocycles. The van der Waals surface area contributed by atoms with Crippen LogP contribution in [0.1, 0.15) is 0 Å². The summed E-state index contributed by atoms with van der Waals surface area (Å²) < 4.78 is 4.47. The maximum absolute atomic E-state index is 10.3. The van der Waals surface area contributed by atoms with Crippen molar-refractivity contribution in [3.8, 4) is 0 Å². The van der Waals surface area contributed by atoms with Crippen LogP contribution in [0.5, 0.6) is 0 Å². The van der Waals surface area contributed by atoms with Crippen molar-refractivity contribution in [3.05, 3.63) is 12.3 Å². The predicted octanol–water partition coefficient (Wildman–Crippen LogP) is -0.108. The predicted molar refractivity (Wildman–Crippen MR) is 30.2 cm³/mol. The number of amides is 1. The molecule has 1 N–H and O–H groups in total. The van der Waals surface area contributed by atoms with Gasteiger partial charge in [0.15, 0.2) is 0 Å². The molecule has 0 radical (unpaired) electrons. The Morgan fingerprint density at radius 2 is 2.38 bits per heavy atom. The van der Waals surface area contributed by atoms with Crippen molar-refractivity contribution in [1.82, 2.24) is 5.32 Å². The summed E-state index contributed by atoms with van der Waals surface area (Å²) >= 11 is 0. The van der Waals surface area contributed by atoms with Gasteiger partial charge in [0.25, 0.3) is 0 Å². The molecule has 0 spiro atoms. The van der Waals surface area contributed by atoms with Gasteiger partial charge in [-0.25, -0.2) is 0 Å². The lowest BCUT2D eigenvalue weighted by atomic mass is 10.6. The number of carbonyl (C=O) groups excluding carboxylic acids is 1. The van der Waals surface area contributed by atoms with Gasteiger partial charge in [-0.3, -0.25) is 4.79 Å². The Balaban J connectivity index is 3.37. The third-order valence-corrected chi connectivity index (χ3v) is 0.602. The summed E-state index contributed by atoms with van der Waals surface area (Å²) in [6.45, 7) is 0. The van der Waals surface area contributed by atoms with E-state index in [0.29, 0.717) is 0 Å². The lowest BCUT2D eigenvalue weighted by Crippen LogP contribution is -2.13. The fourth-order valence-electron chi connectivity index (χ4n) is 0.213. The Morgan fingerprint density at radius 1 is 1.75 bits per heavy atom. The first-order valence-electron chi connectivity index (χ1n) is 2.22. The largest absolute Gasteiger partial charge is 0.504 e. The molecule has 0 unspecified atom stereocenters. The van der Waals surface area contributed by atoms with Crippen LogP contribution in [0.2, 0.25) is 0 Å². The van der Waals surface area contributed by atoms with E-state index >= 15 is 0 Å². The number of rotatable bonds is 2. The molecule has 0 aromatic rings. The van der Waals surface area contributed by atoms with E-state index in [1.165, 1.54) is 19.4 Å². The minimum absolute atomic E-state index is 0.160. The van der Waals surface area contributed by atoms with Crippen molar-refractivity contribution in [2.24, 2.45) is 0 Å². The Kier molecular flexibility index (Phi) is 3.66. The van der Waals surface area contributed by atoms with Crippen molar-refractivity contribution in [1.29, 1.82) is 0 Å². The van der Waals surface area contributed by atoms with E-state index in [1.807, 2.05) is 0 Å². The van der Waals surface area contributed by atoms with Gasteiger partial charge in [0.05, 0.1) is 13.4 Å². The normalized spacial score (nSPS) is 9.25. The molecule has 0 rings (SSSR count). The van der Waals surface area contributed by atoms with Crippen LogP contribution in [-0.2, 0) is 9.53 Å². The highest BCUT2D eigenvalue weighted by atomic mass is 16.5. The number of likely N-dealkylation sites (N-methyl/N-ethyl adjacent to an activating group) is 1. The Labute approximate surface area is 48.3 Å². The molecule has 0 saturated carbocycles. The second-order valence-corrected chi connectivity index (χ2v) is 1.15. The SMILES string of the molecule is CNC(=O)/C=C/OC. The standard InChI is InChI=1S/C5H9NO2/c1-6-5(7)3-4-8-2/h3-4H,1-2H3,(H,6,7)/b4-3+. The quantitative estimate of drug-likeness (QED) is 0.403. The van der Waals surface area contributed by atoms with Gasteiger partial charge in [-0.2, -0.15) is 0 Å². The van der Waals surface area contributed by atoms with Crippen LogP contribution in [-0.4, -0.2) is 20.1 Å². The first-order chi connectivity index (χ1) is 3.81. The lowest BCUT2D eigenvalue weighted by molar-refractivity contribution is -0.116. The number of hydrogen-bond acceptors (Lipinski definition) is 2. The van der Waals surface area contributed by atoms with Crippen LogP contribution in [0.25, 0.3) is 0 Å². The van der Waals surface area contributed by atoms with Crippen molar-refractivity contribution < 1.29 is 9.53 Å². The Bertz CT molecular complexity index is 98.6. The molecule has 0 bridgehead atoms. The summed E-state index contributed by atoms with van der Waals surface area (Å²) in [5, 5.41) is 2.39. The zero-order chi connectivity index (χ0) is 6.41. The summed E-state index contributed by atoms with van der Waals surface area (Å²) in [5.41, 5.74) is 0. The van der Waals surface area contributed by atoms with E-state index in [1.54, 1.807) is 7.05 Å². The van der Waals surface area contributed by atoms with Crippen molar-refractivity contribution in [3.63, 3.8) is 0 Å². The minimum atomic E-state index is -0.160. The number of methoxy groups -OCH3 is 1. The fourth-order valence-corrected chi connectivity index (χ4v) is 0.213.